The molecular formula is C18H21N3O5S. The van der Waals surface area contributed by atoms with Crippen molar-refractivity contribution in [2.75, 3.05) is 6.61 Å². The van der Waals surface area contributed by atoms with Gasteiger partial charge in [-0.15, -0.1) is 11.3 Å². The van der Waals surface area contributed by atoms with Gasteiger partial charge in [0.1, 0.15) is 10.6 Å². The average Bonchev–Trinajstić information content (AvgIpc) is 3.03. The number of nitrogens with zero attached hydrogens (tertiary/aromatic N) is 3. The van der Waals surface area contributed by atoms with Gasteiger partial charge in [0, 0.05) is 25.2 Å². The van der Waals surface area contributed by atoms with Gasteiger partial charge < -0.3 is 9.84 Å². The fraction of sp³-hybridized carbons (Fsp3) is 0.444. The molecule has 0 saturated heterocycles. The maximum Gasteiger partial charge on any atom is 0.341 e. The van der Waals surface area contributed by atoms with Crippen LogP contribution in [-0.2, 0) is 31.7 Å². The minimum atomic E-state index is -0.654. The van der Waals surface area contributed by atoms with Gasteiger partial charge in [-0.05, 0) is 38.2 Å². The summed E-state index contributed by atoms with van der Waals surface area (Å²) in [6, 6.07) is 0. The molecule has 9 heteroatoms. The Morgan fingerprint density at radius 2 is 1.96 bits per heavy atom. The van der Waals surface area contributed by atoms with E-state index in [0.29, 0.717) is 10.6 Å². The summed E-state index contributed by atoms with van der Waals surface area (Å²) in [4.78, 5) is 42.0. The normalized spacial score (nSPS) is 13.7. The van der Waals surface area contributed by atoms with E-state index in [9.17, 15) is 19.5 Å². The van der Waals surface area contributed by atoms with Crippen molar-refractivity contribution in [2.45, 2.75) is 32.6 Å². The maximum absolute atomic E-state index is 12.4. The standard InChI is InChI=1S/C18H21N3O5S/c1-4-26-17(24)13-10-7-5-6-8-12(10)27-14(13)19-9-11-15(22)20(2)18(25)21(3)16(11)23/h9,22H,4-8H2,1-3H3/b19-9+. The summed E-state index contributed by atoms with van der Waals surface area (Å²) in [6.45, 7) is 2.00. The van der Waals surface area contributed by atoms with Gasteiger partial charge in [-0.2, -0.15) is 0 Å². The summed E-state index contributed by atoms with van der Waals surface area (Å²) in [5, 5.41) is 10.6. The second-order valence-corrected chi connectivity index (χ2v) is 7.40. The van der Waals surface area contributed by atoms with Crippen LogP contribution in [0.2, 0.25) is 0 Å². The fourth-order valence-electron chi connectivity index (χ4n) is 3.15. The van der Waals surface area contributed by atoms with Crippen molar-refractivity contribution in [1.29, 1.82) is 0 Å². The Morgan fingerprint density at radius 1 is 1.26 bits per heavy atom. The first kappa shape index (κ1) is 19.1. The summed E-state index contributed by atoms with van der Waals surface area (Å²) in [5.74, 6) is -0.896. The van der Waals surface area contributed by atoms with Gasteiger partial charge in [0.15, 0.2) is 0 Å². The number of fused-ring (bicyclic) bond motifs is 1. The minimum absolute atomic E-state index is 0.110. The lowest BCUT2D eigenvalue weighted by atomic mass is 9.95. The quantitative estimate of drug-likeness (QED) is 0.631. The number of carbonyl (C=O) groups is 1. The van der Waals surface area contributed by atoms with Crippen molar-refractivity contribution >= 4 is 28.5 Å². The van der Waals surface area contributed by atoms with E-state index in [1.54, 1.807) is 6.92 Å². The zero-order valence-electron chi connectivity index (χ0n) is 15.4. The molecule has 0 atom stereocenters. The minimum Gasteiger partial charge on any atom is -0.494 e. The summed E-state index contributed by atoms with van der Waals surface area (Å²) in [5.41, 5.74) is 0.0101. The molecule has 144 valence electrons. The van der Waals surface area contributed by atoms with Crippen LogP contribution in [0.15, 0.2) is 14.6 Å². The van der Waals surface area contributed by atoms with E-state index in [-0.39, 0.29) is 12.2 Å². The number of aliphatic imine (C=N–C) groups is 1. The van der Waals surface area contributed by atoms with Crippen LogP contribution in [0.25, 0.3) is 0 Å². The third kappa shape index (κ3) is 3.34. The van der Waals surface area contributed by atoms with Gasteiger partial charge in [0.05, 0.1) is 12.2 Å². The number of hydrogen-bond acceptors (Lipinski definition) is 7. The lowest BCUT2D eigenvalue weighted by molar-refractivity contribution is 0.0526. The molecule has 8 nitrogen and oxygen atoms in total. The molecule has 0 fully saturated rings. The van der Waals surface area contributed by atoms with Crippen molar-refractivity contribution in [3.05, 3.63) is 42.4 Å². The smallest absolute Gasteiger partial charge is 0.341 e. The monoisotopic (exact) mass is 391 g/mol. The number of aromatic hydroxyl groups is 1. The zero-order chi connectivity index (χ0) is 19.7. The summed E-state index contributed by atoms with van der Waals surface area (Å²) in [6.07, 6.45) is 4.94. The third-order valence-electron chi connectivity index (χ3n) is 4.61. The Morgan fingerprint density at radius 3 is 2.67 bits per heavy atom. The Hall–Kier alpha value is -2.68. The molecule has 0 aromatic carbocycles. The molecule has 1 N–H and O–H groups in total. The van der Waals surface area contributed by atoms with E-state index in [4.69, 9.17) is 4.74 Å². The average molecular weight is 391 g/mol. The summed E-state index contributed by atoms with van der Waals surface area (Å²) >= 11 is 1.40. The van der Waals surface area contributed by atoms with E-state index in [1.807, 2.05) is 0 Å². The predicted octanol–water partition coefficient (Wildman–Crippen LogP) is 1.66. The van der Waals surface area contributed by atoms with E-state index in [2.05, 4.69) is 4.99 Å². The summed E-state index contributed by atoms with van der Waals surface area (Å²) in [7, 11) is 2.69. The van der Waals surface area contributed by atoms with Gasteiger partial charge in [0.25, 0.3) is 5.56 Å². The number of ether oxygens (including phenoxy) is 1. The molecule has 0 unspecified atom stereocenters. The van der Waals surface area contributed by atoms with Crippen molar-refractivity contribution in [3.63, 3.8) is 0 Å². The molecule has 3 rings (SSSR count). The molecule has 0 saturated carbocycles. The second kappa shape index (κ2) is 7.51. The van der Waals surface area contributed by atoms with Gasteiger partial charge >= 0.3 is 11.7 Å². The van der Waals surface area contributed by atoms with Crippen LogP contribution in [-0.4, -0.2) is 33.0 Å². The van der Waals surface area contributed by atoms with Crippen molar-refractivity contribution in [3.8, 4) is 5.88 Å². The first-order chi connectivity index (χ1) is 12.9. The summed E-state index contributed by atoms with van der Waals surface area (Å²) < 4.78 is 7.04. The maximum atomic E-state index is 12.4. The third-order valence-corrected chi connectivity index (χ3v) is 5.81. The molecule has 1 aliphatic rings. The highest BCUT2D eigenvalue weighted by Gasteiger charge is 2.26. The highest BCUT2D eigenvalue weighted by Crippen LogP contribution is 2.40. The number of thiophene rings is 1. The number of hydrogen-bond donors (Lipinski definition) is 1. The Balaban J connectivity index is 2.12. The van der Waals surface area contributed by atoms with Crippen LogP contribution in [0.5, 0.6) is 5.88 Å². The van der Waals surface area contributed by atoms with Gasteiger partial charge in [-0.25, -0.2) is 14.6 Å². The number of carbonyl (C=O) groups excluding carboxylic acids is 1. The Kier molecular flexibility index (Phi) is 5.31. The lowest BCUT2D eigenvalue weighted by Gasteiger charge is -2.11. The molecule has 0 radical (unpaired) electrons. The van der Waals surface area contributed by atoms with Gasteiger partial charge in [-0.1, -0.05) is 0 Å². The number of aryl methyl sites for hydroxylation is 1. The molecule has 2 aromatic heterocycles. The van der Waals surface area contributed by atoms with E-state index < -0.39 is 23.1 Å². The molecule has 0 spiro atoms. The van der Waals surface area contributed by atoms with E-state index >= 15 is 0 Å². The molecule has 0 amide bonds. The molecular weight excluding hydrogens is 370 g/mol. The fourth-order valence-corrected chi connectivity index (χ4v) is 4.37. The highest BCUT2D eigenvalue weighted by molar-refractivity contribution is 7.16. The Labute approximate surface area is 159 Å². The van der Waals surface area contributed by atoms with Crippen molar-refractivity contribution in [2.24, 2.45) is 19.1 Å². The first-order valence-corrected chi connectivity index (χ1v) is 9.53. The number of esters is 1. The van der Waals surface area contributed by atoms with Crippen molar-refractivity contribution < 1.29 is 14.6 Å². The van der Waals surface area contributed by atoms with Crippen LogP contribution in [0, 0.1) is 0 Å². The van der Waals surface area contributed by atoms with Crippen LogP contribution in [0.4, 0.5) is 5.00 Å². The van der Waals surface area contributed by atoms with Crippen LogP contribution < -0.4 is 11.2 Å². The predicted molar refractivity (Wildman–Crippen MR) is 103 cm³/mol. The van der Waals surface area contributed by atoms with E-state index in [1.165, 1.54) is 31.6 Å². The van der Waals surface area contributed by atoms with Crippen LogP contribution in [0.3, 0.4) is 0 Å². The molecule has 0 aliphatic heterocycles. The SMILES string of the molecule is CCOC(=O)c1c(/N=C/c2c(O)n(C)c(=O)n(C)c2=O)sc2c1CCCC2. The lowest BCUT2D eigenvalue weighted by Crippen LogP contribution is -2.38. The van der Waals surface area contributed by atoms with Crippen LogP contribution >= 0.6 is 11.3 Å². The van der Waals surface area contributed by atoms with Crippen LogP contribution in [0.1, 0.15) is 46.1 Å². The number of aromatic nitrogens is 2. The van der Waals surface area contributed by atoms with Crippen molar-refractivity contribution in [1.82, 2.24) is 9.13 Å². The molecule has 2 heterocycles. The molecule has 2 aromatic rings. The first-order valence-electron chi connectivity index (χ1n) is 8.71. The second-order valence-electron chi connectivity index (χ2n) is 6.31. The Bertz CT molecular complexity index is 1040. The zero-order valence-corrected chi connectivity index (χ0v) is 16.3. The molecule has 1 aliphatic carbocycles. The topological polar surface area (TPSA) is 103 Å². The highest BCUT2D eigenvalue weighted by atomic mass is 32.1. The molecule has 0 bridgehead atoms. The van der Waals surface area contributed by atoms with E-state index in [0.717, 1.165) is 45.3 Å². The molecule has 27 heavy (non-hydrogen) atoms. The number of rotatable bonds is 4. The largest absolute Gasteiger partial charge is 0.494 e. The van der Waals surface area contributed by atoms with Gasteiger partial charge in [0.2, 0.25) is 5.88 Å². The van der Waals surface area contributed by atoms with Gasteiger partial charge in [-0.3, -0.25) is 13.9 Å².